The van der Waals surface area contributed by atoms with Crippen molar-refractivity contribution in [3.63, 3.8) is 0 Å². The molecule has 0 amide bonds. The molecule has 0 unspecified atom stereocenters. The average molecular weight is 393 g/mol. The average Bonchev–Trinajstić information content (AvgIpc) is 1.90. The Morgan fingerprint density at radius 2 is 2.10 bits per heavy atom. The van der Waals surface area contributed by atoms with E-state index in [9.17, 15) is 0 Å². The monoisotopic (exact) mass is 393 g/mol. The summed E-state index contributed by atoms with van der Waals surface area (Å²) < 4.78 is 0. The molecule has 0 aromatic heterocycles. The van der Waals surface area contributed by atoms with Gasteiger partial charge >= 0.3 is 0 Å². The van der Waals surface area contributed by atoms with E-state index in [0.717, 1.165) is 6.42 Å². The van der Waals surface area contributed by atoms with Gasteiger partial charge in [-0.1, -0.05) is 0 Å². The van der Waals surface area contributed by atoms with Crippen molar-refractivity contribution in [2.24, 2.45) is 0 Å². The van der Waals surface area contributed by atoms with Crippen molar-refractivity contribution in [2.75, 3.05) is 0 Å². The first-order valence-corrected chi connectivity index (χ1v) is 2.68. The van der Waals surface area contributed by atoms with Gasteiger partial charge in [-0.2, -0.15) is 42.3 Å². The molecule has 1 radical (unpaired) electrons. The standard InChI is InChI=1S/C8H8.U.V/c1-2-8-6-4-3-5-7-8;;/h3-6H,1-2H2;;/q-2;;. The summed E-state index contributed by atoms with van der Waals surface area (Å²) in [6.45, 7) is 3.72. The molecule has 2 heteroatoms. The van der Waals surface area contributed by atoms with Crippen LogP contribution in [0.1, 0.15) is 5.56 Å². The molecular formula is C8H8UV-2. The fourth-order valence-corrected chi connectivity index (χ4v) is 0.586. The Balaban J connectivity index is 0. The van der Waals surface area contributed by atoms with Gasteiger partial charge in [-0.05, 0) is 0 Å². The van der Waals surface area contributed by atoms with Crippen LogP contribution in [-0.2, 0) is 25.0 Å². The quantitative estimate of drug-likeness (QED) is 0.640. The Morgan fingerprint density at radius 3 is 2.40 bits per heavy atom. The van der Waals surface area contributed by atoms with Crippen molar-refractivity contribution in [3.8, 4) is 0 Å². The summed E-state index contributed by atoms with van der Waals surface area (Å²) in [5, 5.41) is 0. The Hall–Kier alpha value is 0.856. The van der Waals surface area contributed by atoms with Crippen molar-refractivity contribution >= 4 is 0 Å². The molecule has 1 aromatic rings. The van der Waals surface area contributed by atoms with Crippen LogP contribution in [0.3, 0.4) is 0 Å². The molecular weight excluding hydrogens is 385 g/mol. The molecule has 0 nitrogen and oxygen atoms in total. The van der Waals surface area contributed by atoms with Crippen LogP contribution in [0.15, 0.2) is 24.3 Å². The van der Waals surface area contributed by atoms with Crippen molar-refractivity contribution in [1.82, 2.24) is 0 Å². The first-order valence-electron chi connectivity index (χ1n) is 2.68. The Kier molecular flexibility index (Phi) is 10.7. The molecule has 10 heavy (non-hydrogen) atoms. The summed E-state index contributed by atoms with van der Waals surface area (Å²) >= 11 is 0. The minimum absolute atomic E-state index is 0. The van der Waals surface area contributed by atoms with Gasteiger partial charge in [0.15, 0.2) is 0 Å². The minimum atomic E-state index is 0. The summed E-state index contributed by atoms with van der Waals surface area (Å²) in [7, 11) is 0. The number of rotatable bonds is 1. The van der Waals surface area contributed by atoms with Crippen LogP contribution in [-0.4, -0.2) is 0 Å². The van der Waals surface area contributed by atoms with Gasteiger partial charge in [0, 0.05) is 49.7 Å². The van der Waals surface area contributed by atoms with Crippen LogP contribution < -0.4 is 0 Å². The van der Waals surface area contributed by atoms with Crippen LogP contribution in [0.5, 0.6) is 0 Å². The predicted molar refractivity (Wildman–Crippen MR) is 34.3 cm³/mol. The molecule has 0 aliphatic heterocycles. The van der Waals surface area contributed by atoms with Crippen LogP contribution in [0.2, 0.25) is 0 Å². The second-order valence-electron chi connectivity index (χ2n) is 1.64. The Morgan fingerprint density at radius 1 is 1.40 bits per heavy atom. The molecule has 0 N–H and O–H groups in total. The third-order valence-electron chi connectivity index (χ3n) is 1.04. The summed E-state index contributed by atoms with van der Waals surface area (Å²) in [6, 6.07) is 10.9. The maximum atomic E-state index is 3.72. The van der Waals surface area contributed by atoms with Crippen LogP contribution in [0.25, 0.3) is 0 Å². The topological polar surface area (TPSA) is 0 Å². The van der Waals surface area contributed by atoms with Crippen molar-refractivity contribution in [1.29, 1.82) is 0 Å². The van der Waals surface area contributed by atoms with E-state index in [-0.39, 0.29) is 49.7 Å². The van der Waals surface area contributed by atoms with Gasteiger partial charge in [0.25, 0.3) is 0 Å². The summed E-state index contributed by atoms with van der Waals surface area (Å²) in [5.74, 6) is 0. The van der Waals surface area contributed by atoms with E-state index in [4.69, 9.17) is 0 Å². The van der Waals surface area contributed by atoms with Crippen molar-refractivity contribution in [2.45, 2.75) is 6.42 Å². The van der Waals surface area contributed by atoms with Gasteiger partial charge in [0.2, 0.25) is 0 Å². The van der Waals surface area contributed by atoms with Crippen molar-refractivity contribution < 1.29 is 49.7 Å². The molecule has 0 aliphatic carbocycles. The van der Waals surface area contributed by atoms with E-state index in [2.05, 4.69) is 13.0 Å². The Bertz CT molecular complexity index is 151. The summed E-state index contributed by atoms with van der Waals surface area (Å²) in [4.78, 5) is 0. The summed E-state index contributed by atoms with van der Waals surface area (Å²) in [6.07, 6.45) is 0.834. The van der Waals surface area contributed by atoms with Gasteiger partial charge in [0.1, 0.15) is 0 Å². The van der Waals surface area contributed by atoms with E-state index < -0.39 is 0 Å². The predicted octanol–water partition coefficient (Wildman–Crippen LogP) is 1.86. The third-order valence-corrected chi connectivity index (χ3v) is 1.04. The molecule has 0 fully saturated rings. The Labute approximate surface area is 98.0 Å². The van der Waals surface area contributed by atoms with Gasteiger partial charge in [-0.3, -0.25) is 0 Å². The second kappa shape index (κ2) is 7.96. The maximum Gasteiger partial charge on any atom is 0 e. The maximum absolute atomic E-state index is 3.72. The van der Waals surface area contributed by atoms with Gasteiger partial charge in [-0.15, -0.1) is 0 Å². The van der Waals surface area contributed by atoms with E-state index in [1.807, 2.05) is 24.3 Å². The van der Waals surface area contributed by atoms with E-state index in [1.54, 1.807) is 0 Å². The molecule has 0 aliphatic rings. The molecule has 0 spiro atoms. The zero-order valence-corrected chi connectivity index (χ0v) is 11.2. The first kappa shape index (κ1) is 13.4. The number of benzene rings is 1. The second-order valence-corrected chi connectivity index (χ2v) is 1.64. The van der Waals surface area contributed by atoms with Crippen LogP contribution >= 0.6 is 0 Å². The molecule has 51 valence electrons. The van der Waals surface area contributed by atoms with E-state index in [1.165, 1.54) is 5.56 Å². The zero-order valence-electron chi connectivity index (χ0n) is 5.67. The summed E-state index contributed by atoms with van der Waals surface area (Å²) in [5.41, 5.74) is 1.17. The molecule has 0 heterocycles. The van der Waals surface area contributed by atoms with E-state index >= 15 is 0 Å². The van der Waals surface area contributed by atoms with Gasteiger partial charge in [-0.25, -0.2) is 0 Å². The normalized spacial score (nSPS) is 7.30. The molecule has 1 aromatic carbocycles. The minimum Gasteiger partial charge on any atom is -0.341 e. The smallest absolute Gasteiger partial charge is 0 e. The first-order chi connectivity index (χ1) is 3.93. The zero-order chi connectivity index (χ0) is 5.82. The third kappa shape index (κ3) is 4.64. The number of hydrogen-bond donors (Lipinski definition) is 0. The number of hydrogen-bond acceptors (Lipinski definition) is 0. The SMILES string of the molecule is [CH2-]Cc1[c-]cccc1.[U].[V]. The van der Waals surface area contributed by atoms with Crippen LogP contribution in [0.4, 0.5) is 0 Å². The largest absolute Gasteiger partial charge is 0.341 e. The van der Waals surface area contributed by atoms with E-state index in [0.29, 0.717) is 0 Å². The van der Waals surface area contributed by atoms with Crippen molar-refractivity contribution in [3.05, 3.63) is 42.8 Å². The van der Waals surface area contributed by atoms with Crippen LogP contribution in [0, 0.1) is 44.1 Å². The molecule has 0 saturated heterocycles. The molecule has 0 saturated carbocycles. The fraction of sp³-hybridized carbons (Fsp3) is 0.125. The molecule has 0 bridgehead atoms. The fourth-order valence-electron chi connectivity index (χ4n) is 0.586. The molecule has 1 rings (SSSR count). The molecule has 0 atom stereocenters. The van der Waals surface area contributed by atoms with Gasteiger partial charge in [0.05, 0.1) is 0 Å². The van der Waals surface area contributed by atoms with Gasteiger partial charge < -0.3 is 6.92 Å².